The number of aliphatic hydroxyl groups excluding tert-OH is 1. The van der Waals surface area contributed by atoms with Crippen LogP contribution >= 0.6 is 11.8 Å². The molecule has 3 heteroatoms. The van der Waals surface area contributed by atoms with Crippen molar-refractivity contribution in [3.05, 3.63) is 66.4 Å². The van der Waals surface area contributed by atoms with Gasteiger partial charge in [0.05, 0.1) is 6.10 Å². The van der Waals surface area contributed by atoms with E-state index >= 15 is 0 Å². The minimum atomic E-state index is -0.470. The lowest BCUT2D eigenvalue weighted by Crippen LogP contribution is -1.92. The van der Waals surface area contributed by atoms with Gasteiger partial charge in [-0.05, 0) is 41.5 Å². The predicted octanol–water partition coefficient (Wildman–Crippen LogP) is 4.44. The number of hydrogen-bond donors (Lipinski definition) is 1. The van der Waals surface area contributed by atoms with Crippen LogP contribution in [0.15, 0.2) is 70.7 Å². The van der Waals surface area contributed by atoms with E-state index in [0.29, 0.717) is 0 Å². The number of hydrogen-bond acceptors (Lipinski definition) is 3. The molecule has 0 bridgehead atoms. The molecule has 1 N–H and O–H groups in total. The number of fused-ring (bicyclic) bond motifs is 1. The molecule has 3 aromatic rings. The number of aliphatic hydroxyl groups is 1. The average molecular weight is 281 g/mol. The molecule has 2 nitrogen and oxygen atoms in total. The van der Waals surface area contributed by atoms with Gasteiger partial charge in [-0.1, -0.05) is 48.2 Å². The van der Waals surface area contributed by atoms with Crippen molar-refractivity contribution in [1.82, 2.24) is 4.98 Å². The van der Waals surface area contributed by atoms with Crippen molar-refractivity contribution in [2.75, 3.05) is 0 Å². The summed E-state index contributed by atoms with van der Waals surface area (Å²) in [7, 11) is 0. The Kier molecular flexibility index (Phi) is 3.72. The highest BCUT2D eigenvalue weighted by Gasteiger charge is 2.03. The van der Waals surface area contributed by atoms with Crippen molar-refractivity contribution in [3.8, 4) is 0 Å². The van der Waals surface area contributed by atoms with E-state index in [0.717, 1.165) is 10.6 Å². The van der Waals surface area contributed by atoms with Gasteiger partial charge in [0.2, 0.25) is 0 Å². The summed E-state index contributed by atoms with van der Waals surface area (Å²) in [6.45, 7) is 1.74. The highest BCUT2D eigenvalue weighted by atomic mass is 32.2. The molecule has 0 spiro atoms. The Hall–Kier alpha value is -1.84. The zero-order valence-electron chi connectivity index (χ0n) is 11.2. The van der Waals surface area contributed by atoms with Crippen LogP contribution in [0.5, 0.6) is 0 Å². The van der Waals surface area contributed by atoms with E-state index in [2.05, 4.69) is 35.3 Å². The average Bonchev–Trinajstić information content (AvgIpc) is 2.48. The van der Waals surface area contributed by atoms with Crippen molar-refractivity contribution in [2.45, 2.75) is 22.9 Å². The van der Waals surface area contributed by atoms with Crippen LogP contribution in [0.4, 0.5) is 0 Å². The third kappa shape index (κ3) is 2.84. The van der Waals surface area contributed by atoms with Crippen molar-refractivity contribution >= 4 is 22.5 Å². The maximum atomic E-state index is 9.48. The molecule has 1 heterocycles. The maximum Gasteiger partial charge on any atom is 0.101 e. The van der Waals surface area contributed by atoms with Crippen LogP contribution in [-0.4, -0.2) is 10.1 Å². The van der Waals surface area contributed by atoms with E-state index in [-0.39, 0.29) is 0 Å². The second-order valence-corrected chi connectivity index (χ2v) is 5.81. The number of aromatic nitrogens is 1. The SMILES string of the molecule is CC(O)c1ccc(Sc2ccc3ccccc3c2)nc1. The van der Waals surface area contributed by atoms with E-state index in [1.165, 1.54) is 15.7 Å². The lowest BCUT2D eigenvalue weighted by Gasteiger charge is -2.06. The summed E-state index contributed by atoms with van der Waals surface area (Å²) in [4.78, 5) is 5.55. The van der Waals surface area contributed by atoms with Crippen LogP contribution in [0.1, 0.15) is 18.6 Å². The van der Waals surface area contributed by atoms with Crippen molar-refractivity contribution in [3.63, 3.8) is 0 Å². The molecule has 0 aliphatic heterocycles. The smallest absolute Gasteiger partial charge is 0.101 e. The first-order valence-corrected chi connectivity index (χ1v) is 7.35. The zero-order valence-corrected chi connectivity index (χ0v) is 12.0. The minimum absolute atomic E-state index is 0.470. The molecule has 1 aromatic heterocycles. The van der Waals surface area contributed by atoms with Gasteiger partial charge in [0.25, 0.3) is 0 Å². The van der Waals surface area contributed by atoms with Gasteiger partial charge in [0.1, 0.15) is 5.03 Å². The van der Waals surface area contributed by atoms with E-state index in [1.54, 1.807) is 24.9 Å². The van der Waals surface area contributed by atoms with Crippen LogP contribution in [0.2, 0.25) is 0 Å². The molecule has 0 fully saturated rings. The fraction of sp³-hybridized carbons (Fsp3) is 0.118. The summed E-state index contributed by atoms with van der Waals surface area (Å²) >= 11 is 1.63. The third-order valence-electron chi connectivity index (χ3n) is 3.18. The van der Waals surface area contributed by atoms with E-state index in [4.69, 9.17) is 0 Å². The van der Waals surface area contributed by atoms with Crippen LogP contribution in [0.3, 0.4) is 0 Å². The van der Waals surface area contributed by atoms with Gasteiger partial charge in [-0.3, -0.25) is 0 Å². The molecule has 0 radical (unpaired) electrons. The lowest BCUT2D eigenvalue weighted by atomic mass is 10.1. The fourth-order valence-electron chi connectivity index (χ4n) is 2.05. The van der Waals surface area contributed by atoms with E-state index in [9.17, 15) is 5.11 Å². The van der Waals surface area contributed by atoms with Gasteiger partial charge < -0.3 is 5.11 Å². The van der Waals surface area contributed by atoms with Crippen molar-refractivity contribution < 1.29 is 5.11 Å². The topological polar surface area (TPSA) is 33.1 Å². The highest BCUT2D eigenvalue weighted by Crippen LogP contribution is 2.29. The predicted molar refractivity (Wildman–Crippen MR) is 82.9 cm³/mol. The highest BCUT2D eigenvalue weighted by molar-refractivity contribution is 7.99. The maximum absolute atomic E-state index is 9.48. The van der Waals surface area contributed by atoms with Crippen LogP contribution in [-0.2, 0) is 0 Å². The number of rotatable bonds is 3. The Morgan fingerprint density at radius 1 is 1.00 bits per heavy atom. The number of nitrogens with zero attached hydrogens (tertiary/aromatic N) is 1. The Labute approximate surface area is 122 Å². The van der Waals surface area contributed by atoms with Gasteiger partial charge in [0, 0.05) is 11.1 Å². The standard InChI is InChI=1S/C17H15NOS/c1-12(19)15-7-9-17(18-11-15)20-16-8-6-13-4-2-3-5-14(13)10-16/h2-12,19H,1H3. The molecule has 0 saturated heterocycles. The number of benzene rings is 2. The van der Waals surface area contributed by atoms with Crippen molar-refractivity contribution in [2.24, 2.45) is 0 Å². The van der Waals surface area contributed by atoms with E-state index < -0.39 is 6.10 Å². The Bertz CT molecular complexity index is 722. The normalized spacial score (nSPS) is 12.5. The molecule has 100 valence electrons. The van der Waals surface area contributed by atoms with Gasteiger partial charge in [-0.15, -0.1) is 0 Å². The quantitative estimate of drug-likeness (QED) is 0.770. The summed E-state index contributed by atoms with van der Waals surface area (Å²) in [5, 5.41) is 12.9. The summed E-state index contributed by atoms with van der Waals surface area (Å²) in [6.07, 6.45) is 1.26. The third-order valence-corrected chi connectivity index (χ3v) is 4.13. The molecule has 0 saturated carbocycles. The van der Waals surface area contributed by atoms with Crippen molar-refractivity contribution in [1.29, 1.82) is 0 Å². The fourth-order valence-corrected chi connectivity index (χ4v) is 2.86. The van der Waals surface area contributed by atoms with Crippen LogP contribution in [0, 0.1) is 0 Å². The first-order valence-electron chi connectivity index (χ1n) is 6.53. The molecular weight excluding hydrogens is 266 g/mol. The molecular formula is C17H15NOS. The summed E-state index contributed by atoms with van der Waals surface area (Å²) in [5.41, 5.74) is 0.841. The second-order valence-electron chi connectivity index (χ2n) is 4.72. The molecule has 0 aliphatic carbocycles. The number of pyridine rings is 1. The summed E-state index contributed by atoms with van der Waals surface area (Å²) in [5.74, 6) is 0. The van der Waals surface area contributed by atoms with Gasteiger partial charge >= 0.3 is 0 Å². The first-order chi connectivity index (χ1) is 9.72. The Morgan fingerprint density at radius 2 is 1.80 bits per heavy atom. The Balaban J connectivity index is 1.85. The summed E-state index contributed by atoms with van der Waals surface area (Å²) in [6, 6.07) is 18.6. The minimum Gasteiger partial charge on any atom is -0.389 e. The monoisotopic (exact) mass is 281 g/mol. The van der Waals surface area contributed by atoms with Gasteiger partial charge in [0.15, 0.2) is 0 Å². The molecule has 3 rings (SSSR count). The molecule has 1 atom stereocenters. The molecule has 1 unspecified atom stereocenters. The molecule has 0 amide bonds. The lowest BCUT2D eigenvalue weighted by molar-refractivity contribution is 0.198. The first kappa shape index (κ1) is 13.2. The summed E-state index contributed by atoms with van der Waals surface area (Å²) < 4.78 is 0. The van der Waals surface area contributed by atoms with Crippen LogP contribution < -0.4 is 0 Å². The largest absolute Gasteiger partial charge is 0.389 e. The van der Waals surface area contributed by atoms with Gasteiger partial charge in [-0.25, -0.2) is 4.98 Å². The zero-order chi connectivity index (χ0) is 13.9. The van der Waals surface area contributed by atoms with Crippen LogP contribution in [0.25, 0.3) is 10.8 Å². The Morgan fingerprint density at radius 3 is 2.50 bits per heavy atom. The second kappa shape index (κ2) is 5.65. The molecule has 2 aromatic carbocycles. The molecule has 0 aliphatic rings. The molecule has 20 heavy (non-hydrogen) atoms. The van der Waals surface area contributed by atoms with Gasteiger partial charge in [-0.2, -0.15) is 0 Å². The van der Waals surface area contributed by atoms with E-state index in [1.807, 2.05) is 24.3 Å².